The maximum Gasteiger partial charge on any atom is 0.122 e. The summed E-state index contributed by atoms with van der Waals surface area (Å²) in [4.78, 5) is 2.63. The molecule has 3 rings (SSSR count). The van der Waals surface area contributed by atoms with Gasteiger partial charge in [-0.3, -0.25) is 10.8 Å². The molecule has 0 atom stereocenters. The predicted molar refractivity (Wildman–Crippen MR) is 130 cm³/mol. The number of unbranched alkanes of at least 4 members (excludes halogenated alkanes) is 1. The second-order valence-corrected chi connectivity index (χ2v) is 8.86. The topological polar surface area (TPSA) is 103 Å². The van der Waals surface area contributed by atoms with Crippen LogP contribution < -0.4 is 11.5 Å². The number of nitrogens with two attached hydrogens (primary N) is 2. The van der Waals surface area contributed by atoms with Gasteiger partial charge >= 0.3 is 0 Å². The molecule has 1 heterocycles. The number of nitrogen functional groups attached to an aromatic ring is 2. The number of nitrogens with one attached hydrogen (secondary N) is 2. The Morgan fingerprint density at radius 1 is 0.742 bits per heavy atom. The van der Waals surface area contributed by atoms with Gasteiger partial charge in [0.15, 0.2) is 0 Å². The molecule has 6 N–H and O–H groups in total. The summed E-state index contributed by atoms with van der Waals surface area (Å²) in [7, 11) is 0. The Morgan fingerprint density at radius 3 is 1.71 bits per heavy atom. The molecule has 0 saturated carbocycles. The standard InChI is InChI=1S/C26H37N5/c27-25(28)23-11-7-20(8-12-23)4-1-2-17-31-18-15-22(16-19-31)6-3-5-21-9-13-24(14-10-21)26(29)30/h7-14,22H,1-6,15-19H2,(H3,27,28)(H3,29,30). The van der Waals surface area contributed by atoms with E-state index in [1.165, 1.54) is 69.3 Å². The summed E-state index contributed by atoms with van der Waals surface area (Å²) in [5.41, 5.74) is 15.3. The maximum atomic E-state index is 7.47. The van der Waals surface area contributed by atoms with E-state index in [2.05, 4.69) is 29.2 Å². The van der Waals surface area contributed by atoms with Crippen LogP contribution in [0.4, 0.5) is 0 Å². The van der Waals surface area contributed by atoms with Crippen molar-refractivity contribution in [2.75, 3.05) is 19.6 Å². The summed E-state index contributed by atoms with van der Waals surface area (Å²) in [6.07, 6.45) is 9.89. The van der Waals surface area contributed by atoms with Crippen LogP contribution in [0.3, 0.4) is 0 Å². The predicted octanol–water partition coefficient (Wildman–Crippen LogP) is 4.31. The fraction of sp³-hybridized carbons (Fsp3) is 0.462. The van der Waals surface area contributed by atoms with Crippen LogP contribution in [0.2, 0.25) is 0 Å². The lowest BCUT2D eigenvalue weighted by atomic mass is 9.90. The highest BCUT2D eigenvalue weighted by atomic mass is 15.1. The largest absolute Gasteiger partial charge is 0.384 e. The molecule has 0 amide bonds. The van der Waals surface area contributed by atoms with Crippen molar-refractivity contribution in [1.82, 2.24) is 4.90 Å². The first-order valence-corrected chi connectivity index (χ1v) is 11.6. The first kappa shape index (κ1) is 23.0. The Morgan fingerprint density at radius 2 is 1.23 bits per heavy atom. The highest BCUT2D eigenvalue weighted by Crippen LogP contribution is 2.23. The van der Waals surface area contributed by atoms with E-state index in [1.54, 1.807) is 0 Å². The summed E-state index contributed by atoms with van der Waals surface area (Å²) >= 11 is 0. The first-order chi connectivity index (χ1) is 15.0. The highest BCUT2D eigenvalue weighted by Gasteiger charge is 2.18. The van der Waals surface area contributed by atoms with Gasteiger partial charge < -0.3 is 16.4 Å². The molecule has 2 aromatic carbocycles. The highest BCUT2D eigenvalue weighted by molar-refractivity contribution is 5.95. The van der Waals surface area contributed by atoms with E-state index in [0.717, 1.165) is 29.9 Å². The van der Waals surface area contributed by atoms with Crippen molar-refractivity contribution in [1.29, 1.82) is 10.8 Å². The third-order valence-electron chi connectivity index (χ3n) is 6.50. The molecule has 0 unspecified atom stereocenters. The summed E-state index contributed by atoms with van der Waals surface area (Å²) in [5, 5.41) is 14.9. The third-order valence-corrected chi connectivity index (χ3v) is 6.50. The fourth-order valence-corrected chi connectivity index (χ4v) is 4.46. The smallest absolute Gasteiger partial charge is 0.122 e. The molecule has 0 aliphatic carbocycles. The zero-order valence-electron chi connectivity index (χ0n) is 18.6. The summed E-state index contributed by atoms with van der Waals surface area (Å²) < 4.78 is 0. The van der Waals surface area contributed by atoms with Gasteiger partial charge in [-0.2, -0.15) is 0 Å². The van der Waals surface area contributed by atoms with Crippen molar-refractivity contribution in [3.05, 3.63) is 70.8 Å². The van der Waals surface area contributed by atoms with Crippen LogP contribution in [0.15, 0.2) is 48.5 Å². The van der Waals surface area contributed by atoms with Crippen LogP contribution in [-0.2, 0) is 12.8 Å². The Labute approximate surface area is 186 Å². The molecule has 1 aliphatic heterocycles. The lowest BCUT2D eigenvalue weighted by Gasteiger charge is -2.32. The molecule has 0 spiro atoms. The van der Waals surface area contributed by atoms with Crippen molar-refractivity contribution in [3.8, 4) is 0 Å². The van der Waals surface area contributed by atoms with Gasteiger partial charge in [0.1, 0.15) is 11.7 Å². The molecule has 1 saturated heterocycles. The number of hydrogen-bond donors (Lipinski definition) is 4. The Kier molecular flexibility index (Phi) is 8.65. The quantitative estimate of drug-likeness (QED) is 0.248. The number of piperidine rings is 1. The second kappa shape index (κ2) is 11.7. The lowest BCUT2D eigenvalue weighted by molar-refractivity contribution is 0.175. The van der Waals surface area contributed by atoms with Gasteiger partial charge in [-0.05, 0) is 81.6 Å². The average Bonchev–Trinajstić information content (AvgIpc) is 2.78. The van der Waals surface area contributed by atoms with E-state index in [-0.39, 0.29) is 11.7 Å². The van der Waals surface area contributed by atoms with Crippen molar-refractivity contribution in [2.24, 2.45) is 17.4 Å². The van der Waals surface area contributed by atoms with Gasteiger partial charge in [-0.25, -0.2) is 0 Å². The van der Waals surface area contributed by atoms with Gasteiger partial charge in [0.05, 0.1) is 0 Å². The number of aryl methyl sites for hydroxylation is 2. The van der Waals surface area contributed by atoms with Crippen LogP contribution in [0.5, 0.6) is 0 Å². The van der Waals surface area contributed by atoms with E-state index >= 15 is 0 Å². The summed E-state index contributed by atoms with van der Waals surface area (Å²) in [5.74, 6) is 1.15. The normalized spacial score (nSPS) is 15.1. The zero-order valence-corrected chi connectivity index (χ0v) is 18.6. The van der Waals surface area contributed by atoms with E-state index < -0.39 is 0 Å². The van der Waals surface area contributed by atoms with Crippen LogP contribution in [-0.4, -0.2) is 36.2 Å². The number of amidine groups is 2. The third kappa shape index (κ3) is 7.51. The molecule has 2 aromatic rings. The number of hydrogen-bond acceptors (Lipinski definition) is 3. The first-order valence-electron chi connectivity index (χ1n) is 11.6. The number of benzene rings is 2. The van der Waals surface area contributed by atoms with Gasteiger partial charge in [0.25, 0.3) is 0 Å². The Hall–Kier alpha value is -2.66. The molecule has 1 fully saturated rings. The summed E-state index contributed by atoms with van der Waals surface area (Å²) in [6, 6.07) is 16.2. The Bertz CT molecular complexity index is 833. The van der Waals surface area contributed by atoms with Crippen molar-refractivity contribution >= 4 is 11.7 Å². The van der Waals surface area contributed by atoms with E-state index in [9.17, 15) is 0 Å². The number of likely N-dealkylation sites (tertiary alicyclic amines) is 1. The van der Waals surface area contributed by atoms with Crippen molar-refractivity contribution in [3.63, 3.8) is 0 Å². The minimum absolute atomic E-state index is 0.137. The number of rotatable bonds is 11. The molecule has 5 nitrogen and oxygen atoms in total. The summed E-state index contributed by atoms with van der Waals surface area (Å²) in [6.45, 7) is 3.69. The molecule has 0 bridgehead atoms. The minimum atomic E-state index is 0.137. The molecular weight excluding hydrogens is 382 g/mol. The van der Waals surface area contributed by atoms with Gasteiger partial charge in [0, 0.05) is 11.1 Å². The minimum Gasteiger partial charge on any atom is -0.384 e. The van der Waals surface area contributed by atoms with E-state index in [0.29, 0.717) is 0 Å². The van der Waals surface area contributed by atoms with E-state index in [1.807, 2.05) is 24.3 Å². The van der Waals surface area contributed by atoms with Gasteiger partial charge in [-0.15, -0.1) is 0 Å². The molecule has 166 valence electrons. The van der Waals surface area contributed by atoms with Crippen molar-refractivity contribution in [2.45, 2.75) is 51.4 Å². The van der Waals surface area contributed by atoms with Crippen LogP contribution >= 0.6 is 0 Å². The van der Waals surface area contributed by atoms with Gasteiger partial charge in [-0.1, -0.05) is 55.0 Å². The van der Waals surface area contributed by atoms with Crippen LogP contribution in [0.1, 0.15) is 60.8 Å². The maximum absolute atomic E-state index is 7.47. The van der Waals surface area contributed by atoms with Crippen LogP contribution in [0, 0.1) is 16.7 Å². The molecule has 0 radical (unpaired) electrons. The van der Waals surface area contributed by atoms with Gasteiger partial charge in [0.2, 0.25) is 0 Å². The Balaban J connectivity index is 1.26. The zero-order chi connectivity index (χ0) is 22.1. The average molecular weight is 420 g/mol. The molecule has 31 heavy (non-hydrogen) atoms. The fourth-order valence-electron chi connectivity index (χ4n) is 4.46. The molecule has 0 aromatic heterocycles. The number of nitrogens with zero attached hydrogens (tertiary/aromatic N) is 1. The van der Waals surface area contributed by atoms with Crippen molar-refractivity contribution < 1.29 is 0 Å². The second-order valence-electron chi connectivity index (χ2n) is 8.86. The molecule has 5 heteroatoms. The lowest BCUT2D eigenvalue weighted by Crippen LogP contribution is -2.34. The SMILES string of the molecule is N=C(N)c1ccc(CCCCN2CCC(CCCc3ccc(C(=N)N)cc3)CC2)cc1. The molecular formula is C26H37N5. The molecule has 1 aliphatic rings. The van der Waals surface area contributed by atoms with Crippen LogP contribution in [0.25, 0.3) is 0 Å². The monoisotopic (exact) mass is 419 g/mol. The van der Waals surface area contributed by atoms with E-state index in [4.69, 9.17) is 22.3 Å².